The van der Waals surface area contributed by atoms with Crippen LogP contribution >= 0.6 is 15.9 Å². The molecule has 0 saturated carbocycles. The number of hydrazone groups is 1. The number of hydrogen-bond acceptors (Lipinski definition) is 3. The minimum Gasteiger partial charge on any atom is -0.271 e. The molecule has 1 N–H and O–H groups in total. The van der Waals surface area contributed by atoms with Crippen LogP contribution in [0.3, 0.4) is 0 Å². The standard InChI is InChI=1S/C11H13BrN4/c1-3-4-11(13-2)16-15-8-10-6-5-9(12)7-14-10/h3-8H,1-2H3,(H,13,16)/b4-3-,15-8+. The van der Waals surface area contributed by atoms with Gasteiger partial charge in [0.2, 0.25) is 0 Å². The first-order chi connectivity index (χ1) is 7.76. The van der Waals surface area contributed by atoms with E-state index in [-0.39, 0.29) is 0 Å². The van der Waals surface area contributed by atoms with E-state index in [0.717, 1.165) is 10.2 Å². The summed E-state index contributed by atoms with van der Waals surface area (Å²) in [5.74, 6) is 0.705. The number of nitrogens with one attached hydrogen (secondary N) is 1. The third kappa shape index (κ3) is 4.35. The number of aromatic nitrogens is 1. The fourth-order valence-corrected chi connectivity index (χ4v) is 1.18. The highest BCUT2D eigenvalue weighted by molar-refractivity contribution is 9.10. The van der Waals surface area contributed by atoms with E-state index in [1.165, 1.54) is 0 Å². The van der Waals surface area contributed by atoms with Crippen LogP contribution in [0, 0.1) is 0 Å². The number of amidine groups is 1. The SMILES string of the molecule is C/C=C\C(=NC)N/N=C/c1ccc(Br)cn1. The van der Waals surface area contributed by atoms with Crippen LogP contribution in [0.1, 0.15) is 12.6 Å². The Morgan fingerprint density at radius 3 is 2.88 bits per heavy atom. The highest BCUT2D eigenvalue weighted by Crippen LogP contribution is 2.05. The summed E-state index contributed by atoms with van der Waals surface area (Å²) in [7, 11) is 1.70. The van der Waals surface area contributed by atoms with Crippen molar-refractivity contribution in [2.45, 2.75) is 6.92 Å². The third-order valence-electron chi connectivity index (χ3n) is 1.69. The molecule has 84 valence electrons. The highest BCUT2D eigenvalue weighted by Gasteiger charge is 1.90. The second-order valence-corrected chi connectivity index (χ2v) is 3.80. The van der Waals surface area contributed by atoms with E-state index in [1.54, 1.807) is 19.5 Å². The van der Waals surface area contributed by atoms with Crippen LogP contribution in [0.25, 0.3) is 0 Å². The Morgan fingerprint density at radius 1 is 1.50 bits per heavy atom. The topological polar surface area (TPSA) is 49.6 Å². The Bertz CT molecular complexity index is 406. The van der Waals surface area contributed by atoms with Crippen LogP contribution in [0.2, 0.25) is 0 Å². The first-order valence-electron chi connectivity index (χ1n) is 4.76. The van der Waals surface area contributed by atoms with Gasteiger partial charge in [-0.2, -0.15) is 5.10 Å². The van der Waals surface area contributed by atoms with E-state index >= 15 is 0 Å². The summed E-state index contributed by atoms with van der Waals surface area (Å²) in [6.45, 7) is 1.92. The van der Waals surface area contributed by atoms with Gasteiger partial charge in [-0.05, 0) is 41.1 Å². The summed E-state index contributed by atoms with van der Waals surface area (Å²) in [6.07, 6.45) is 7.10. The molecule has 16 heavy (non-hydrogen) atoms. The van der Waals surface area contributed by atoms with Gasteiger partial charge in [0.1, 0.15) is 5.84 Å². The van der Waals surface area contributed by atoms with Crippen molar-refractivity contribution in [3.8, 4) is 0 Å². The van der Waals surface area contributed by atoms with E-state index in [2.05, 4.69) is 36.4 Å². The van der Waals surface area contributed by atoms with Gasteiger partial charge in [0.15, 0.2) is 0 Å². The van der Waals surface area contributed by atoms with Gasteiger partial charge in [-0.3, -0.25) is 15.4 Å². The van der Waals surface area contributed by atoms with E-state index in [9.17, 15) is 0 Å². The molecule has 0 radical (unpaired) electrons. The molecule has 0 fully saturated rings. The smallest absolute Gasteiger partial charge is 0.140 e. The number of aliphatic imine (C=N–C) groups is 1. The molecule has 0 bridgehead atoms. The first-order valence-corrected chi connectivity index (χ1v) is 5.55. The lowest BCUT2D eigenvalue weighted by molar-refractivity contribution is 1.03. The maximum Gasteiger partial charge on any atom is 0.140 e. The molecule has 0 atom stereocenters. The molecule has 1 heterocycles. The molecule has 0 aliphatic heterocycles. The summed E-state index contributed by atoms with van der Waals surface area (Å²) >= 11 is 3.32. The van der Waals surface area contributed by atoms with E-state index in [1.807, 2.05) is 31.2 Å². The molecule has 1 aromatic heterocycles. The summed E-state index contributed by atoms with van der Waals surface area (Å²) in [4.78, 5) is 8.15. The molecule has 4 nitrogen and oxygen atoms in total. The van der Waals surface area contributed by atoms with Gasteiger partial charge in [-0.25, -0.2) is 0 Å². The van der Waals surface area contributed by atoms with Gasteiger partial charge >= 0.3 is 0 Å². The summed E-state index contributed by atoms with van der Waals surface area (Å²) < 4.78 is 0.947. The number of halogens is 1. The lowest BCUT2D eigenvalue weighted by Gasteiger charge is -1.97. The average Bonchev–Trinajstić information content (AvgIpc) is 2.30. The highest BCUT2D eigenvalue weighted by atomic mass is 79.9. The van der Waals surface area contributed by atoms with Crippen molar-refractivity contribution >= 4 is 28.0 Å². The van der Waals surface area contributed by atoms with E-state index in [4.69, 9.17) is 0 Å². The van der Waals surface area contributed by atoms with Gasteiger partial charge in [-0.15, -0.1) is 0 Å². The lowest BCUT2D eigenvalue weighted by Crippen LogP contribution is -2.14. The van der Waals surface area contributed by atoms with E-state index in [0.29, 0.717) is 5.84 Å². The van der Waals surface area contributed by atoms with Crippen molar-refractivity contribution in [3.05, 3.63) is 40.6 Å². The fraction of sp³-hybridized carbons (Fsp3) is 0.182. The summed E-state index contributed by atoms with van der Waals surface area (Å²) in [5, 5.41) is 4.03. The largest absolute Gasteiger partial charge is 0.271 e. The zero-order valence-electron chi connectivity index (χ0n) is 9.18. The maximum absolute atomic E-state index is 4.15. The Morgan fingerprint density at radius 2 is 2.31 bits per heavy atom. The minimum absolute atomic E-state index is 0.705. The second-order valence-electron chi connectivity index (χ2n) is 2.88. The van der Waals surface area contributed by atoms with E-state index < -0.39 is 0 Å². The zero-order valence-corrected chi connectivity index (χ0v) is 10.8. The van der Waals surface area contributed by atoms with Crippen LogP contribution in [0.5, 0.6) is 0 Å². The minimum atomic E-state index is 0.705. The van der Waals surface area contributed by atoms with Crippen molar-refractivity contribution in [1.82, 2.24) is 10.4 Å². The quantitative estimate of drug-likeness (QED) is 0.525. The number of rotatable bonds is 3. The number of hydrogen-bond donors (Lipinski definition) is 1. The molecule has 0 aliphatic rings. The number of nitrogens with zero attached hydrogens (tertiary/aromatic N) is 3. The van der Waals surface area contributed by atoms with Gasteiger partial charge in [0, 0.05) is 17.7 Å². The van der Waals surface area contributed by atoms with Gasteiger partial charge in [-0.1, -0.05) is 6.08 Å². The normalized spacial score (nSPS) is 12.6. The molecule has 0 unspecified atom stereocenters. The van der Waals surface area contributed by atoms with Crippen LogP contribution in [-0.4, -0.2) is 24.1 Å². The molecular weight excluding hydrogens is 268 g/mol. The van der Waals surface area contributed by atoms with Crippen LogP contribution in [0.4, 0.5) is 0 Å². The van der Waals surface area contributed by atoms with Crippen molar-refractivity contribution in [2.24, 2.45) is 10.1 Å². The summed E-state index contributed by atoms with van der Waals surface area (Å²) in [6, 6.07) is 3.78. The maximum atomic E-state index is 4.15. The first kappa shape index (κ1) is 12.6. The van der Waals surface area contributed by atoms with Gasteiger partial charge in [0.25, 0.3) is 0 Å². The molecule has 0 aromatic carbocycles. The Hall–Kier alpha value is -1.49. The lowest BCUT2D eigenvalue weighted by atomic mass is 10.4. The Balaban J connectivity index is 2.58. The van der Waals surface area contributed by atoms with Crippen molar-refractivity contribution in [2.75, 3.05) is 7.05 Å². The Kier molecular flexibility index (Phi) is 5.42. The Labute approximate surface area is 103 Å². The molecule has 0 amide bonds. The third-order valence-corrected chi connectivity index (χ3v) is 2.16. The number of allylic oxidation sites excluding steroid dienone is 1. The van der Waals surface area contributed by atoms with Crippen LogP contribution < -0.4 is 5.43 Å². The molecule has 0 saturated heterocycles. The predicted molar refractivity (Wildman–Crippen MR) is 70.8 cm³/mol. The molecule has 0 aliphatic carbocycles. The van der Waals surface area contributed by atoms with Crippen LogP contribution in [-0.2, 0) is 0 Å². The fourth-order valence-electron chi connectivity index (χ4n) is 0.948. The molecule has 1 rings (SSSR count). The van der Waals surface area contributed by atoms with Crippen molar-refractivity contribution in [1.29, 1.82) is 0 Å². The van der Waals surface area contributed by atoms with Crippen molar-refractivity contribution in [3.63, 3.8) is 0 Å². The van der Waals surface area contributed by atoms with Crippen molar-refractivity contribution < 1.29 is 0 Å². The van der Waals surface area contributed by atoms with Gasteiger partial charge in [0.05, 0.1) is 11.9 Å². The zero-order chi connectivity index (χ0) is 11.8. The number of pyridine rings is 1. The molecule has 1 aromatic rings. The monoisotopic (exact) mass is 280 g/mol. The molecule has 0 spiro atoms. The average molecular weight is 281 g/mol. The second kappa shape index (κ2) is 6.90. The molecule has 5 heteroatoms. The molecular formula is C11H13BrN4. The van der Waals surface area contributed by atoms with Crippen LogP contribution in [0.15, 0.2) is 45.0 Å². The predicted octanol–water partition coefficient (Wildman–Crippen LogP) is 2.37. The van der Waals surface area contributed by atoms with Gasteiger partial charge < -0.3 is 0 Å². The summed E-state index contributed by atoms with van der Waals surface area (Å²) in [5.41, 5.74) is 3.60.